The Morgan fingerprint density at radius 3 is 0.738 bits per heavy atom. The highest BCUT2D eigenvalue weighted by molar-refractivity contribution is 6.13. The van der Waals surface area contributed by atoms with E-state index in [1.165, 1.54) is 66.8 Å². The monoisotopic (exact) mass is 1680 g/mol. The molecule has 21 aromatic rings. The zero-order valence-corrected chi connectivity index (χ0v) is 73.7. The van der Waals surface area contributed by atoms with E-state index in [0.717, 1.165) is 169 Å². The largest absolute Gasteiger partial charge is 0.455 e. The lowest BCUT2D eigenvalue weighted by atomic mass is 9.74. The zero-order valence-electron chi connectivity index (χ0n) is 73.7. The van der Waals surface area contributed by atoms with Gasteiger partial charge in [0.15, 0.2) is 11.2 Å². The average molecular weight is 1680 g/mol. The van der Waals surface area contributed by atoms with Crippen LogP contribution in [-0.4, -0.2) is 0 Å². The van der Waals surface area contributed by atoms with E-state index in [1.807, 2.05) is 18.2 Å². The first-order valence-corrected chi connectivity index (χ1v) is 45.1. The molecule has 0 fully saturated rings. The molecule has 0 radical (unpaired) electrons. The topological polar surface area (TPSA) is 65.5 Å². The molecule has 0 unspecified atom stereocenters. The van der Waals surface area contributed by atoms with E-state index in [1.54, 1.807) is 0 Å². The molecule has 4 aliphatic rings. The molecule has 4 aromatic heterocycles. The van der Waals surface area contributed by atoms with E-state index in [4.69, 9.17) is 17.7 Å². The second-order valence-corrected chi connectivity index (χ2v) is 36.9. The molecule has 0 atom stereocenters. The molecule has 0 bridgehead atoms. The molecule has 4 heterocycles. The standard InChI is InChI=1S/C64H48N2O2.C58H44N2O2/c1-63(2)52-39-44(65(43-25-12-7-13-26-43)54-31-17-14-27-46(54)41-21-8-5-9-22-41)35-37-50(52)61-58(63)59-62(68-61)51-38-36-45(40-53(51)64(59,3)4)66(55-32-18-15-28-47(55)42-23-10-6-11-24-42)56-33-20-30-49-48-29-16-19-34-57(48)67-60(49)56;1-57(2)47-35-40(59(38-21-10-6-11-22-38)49-28-16-14-25-42(49)37-19-8-5-9-20-37)31-33-45(47)55-52(57)53-56(62-55)46-34-32-41(36-48(46)58(53,3)4)60(39-23-12-7-13-24-39)50-29-18-27-44-43-26-15-17-30-51(43)61-54(44)50/h5-40H,1-4H3;5-36H,1-4H3. The molecule has 130 heavy (non-hydrogen) atoms. The second-order valence-electron chi connectivity index (χ2n) is 36.9. The van der Waals surface area contributed by atoms with Crippen LogP contribution in [0.3, 0.4) is 0 Å². The van der Waals surface area contributed by atoms with Gasteiger partial charge in [0.2, 0.25) is 0 Å². The average Bonchev–Trinajstić information content (AvgIpc) is 1.52. The van der Waals surface area contributed by atoms with Crippen molar-refractivity contribution in [3.05, 3.63) is 457 Å². The van der Waals surface area contributed by atoms with Crippen molar-refractivity contribution < 1.29 is 17.7 Å². The summed E-state index contributed by atoms with van der Waals surface area (Å²) < 4.78 is 27.8. The van der Waals surface area contributed by atoms with Crippen molar-refractivity contribution in [2.24, 2.45) is 0 Å². The lowest BCUT2D eigenvalue weighted by molar-refractivity contribution is 0.592. The van der Waals surface area contributed by atoms with Gasteiger partial charge in [0.25, 0.3) is 0 Å². The molecule has 0 saturated carbocycles. The predicted molar refractivity (Wildman–Crippen MR) is 537 cm³/mol. The molecule has 0 aliphatic heterocycles. The number of anilines is 12. The predicted octanol–water partition coefficient (Wildman–Crippen LogP) is 34.5. The van der Waals surface area contributed by atoms with Gasteiger partial charge in [0.05, 0.1) is 28.4 Å². The first kappa shape index (κ1) is 77.6. The molecule has 0 saturated heterocycles. The maximum atomic E-state index is 7.24. The van der Waals surface area contributed by atoms with Gasteiger partial charge in [-0.15, -0.1) is 0 Å². The molecule has 8 nitrogen and oxygen atoms in total. The third-order valence-electron chi connectivity index (χ3n) is 28.0. The Bertz CT molecular complexity index is 8050. The summed E-state index contributed by atoms with van der Waals surface area (Å²) in [5, 5.41) is 4.42. The lowest BCUT2D eigenvalue weighted by Gasteiger charge is -2.31. The molecule has 8 heteroatoms. The van der Waals surface area contributed by atoms with Crippen LogP contribution in [0, 0.1) is 0 Å². The number of rotatable bonds is 15. The maximum Gasteiger partial charge on any atom is 0.159 e. The third kappa shape index (κ3) is 12.0. The Labute approximate surface area is 757 Å². The first-order chi connectivity index (χ1) is 63.6. The van der Waals surface area contributed by atoms with Gasteiger partial charge in [-0.2, -0.15) is 0 Å². The minimum Gasteiger partial charge on any atom is -0.455 e. The Hall–Kier alpha value is -15.9. The summed E-state index contributed by atoms with van der Waals surface area (Å²) in [5.41, 5.74) is 36.8. The molecule has 25 rings (SSSR count). The molecule has 0 N–H and O–H groups in total. The van der Waals surface area contributed by atoms with Gasteiger partial charge in [0.1, 0.15) is 34.2 Å². The van der Waals surface area contributed by atoms with E-state index in [9.17, 15) is 0 Å². The Morgan fingerprint density at radius 2 is 0.415 bits per heavy atom. The summed E-state index contributed by atoms with van der Waals surface area (Å²) in [6, 6.07) is 148. The Kier molecular flexibility index (Phi) is 17.8. The molecule has 624 valence electrons. The van der Waals surface area contributed by atoms with E-state index >= 15 is 0 Å². The summed E-state index contributed by atoms with van der Waals surface area (Å²) in [7, 11) is 0. The van der Waals surface area contributed by atoms with Crippen molar-refractivity contribution in [2.75, 3.05) is 19.6 Å². The minimum atomic E-state index is -0.374. The number of nitrogens with zero attached hydrogens (tertiary/aromatic N) is 4. The van der Waals surface area contributed by atoms with Crippen molar-refractivity contribution in [1.82, 2.24) is 0 Å². The molecule has 17 aromatic carbocycles. The van der Waals surface area contributed by atoms with Crippen LogP contribution in [0.4, 0.5) is 68.2 Å². The van der Waals surface area contributed by atoms with Gasteiger partial charge in [-0.05, 0) is 191 Å². The van der Waals surface area contributed by atoms with E-state index in [2.05, 4.69) is 469 Å². The summed E-state index contributed by atoms with van der Waals surface area (Å²) in [5.74, 6) is 3.93. The van der Waals surface area contributed by atoms with Crippen molar-refractivity contribution in [2.45, 2.75) is 77.0 Å². The number of fused-ring (bicyclic) bond motifs is 20. The molecule has 0 spiro atoms. The molecular formula is C122H92N4O4. The van der Waals surface area contributed by atoms with Crippen LogP contribution in [0.5, 0.6) is 0 Å². The fourth-order valence-electron chi connectivity index (χ4n) is 21.9. The van der Waals surface area contributed by atoms with Crippen molar-refractivity contribution in [1.29, 1.82) is 0 Å². The summed E-state index contributed by atoms with van der Waals surface area (Å²) in [6.45, 7) is 19.0. The van der Waals surface area contributed by atoms with Gasteiger partial charge >= 0.3 is 0 Å². The number of benzene rings is 17. The van der Waals surface area contributed by atoms with Gasteiger partial charge in [-0.3, -0.25) is 0 Å². The van der Waals surface area contributed by atoms with Gasteiger partial charge in [-0.25, -0.2) is 0 Å². The summed E-state index contributed by atoms with van der Waals surface area (Å²) in [4.78, 5) is 9.53. The third-order valence-corrected chi connectivity index (χ3v) is 28.0. The number of hydrogen-bond donors (Lipinski definition) is 0. The Balaban J connectivity index is 0.000000145. The smallest absolute Gasteiger partial charge is 0.159 e. The van der Waals surface area contributed by atoms with E-state index < -0.39 is 0 Å². The van der Waals surface area contributed by atoms with Gasteiger partial charge in [-0.1, -0.05) is 316 Å². The SMILES string of the molecule is CC1(C)c2cc(N(c3ccccc3)c3ccccc3-c3ccccc3)ccc2-c2oc3c(c21)C(C)(C)c1cc(N(c2ccccc2)c2cccc4c2oc2ccccc24)ccc1-3.CC1(C)c2cc(N(c3ccccc3)c3ccccc3-c3ccccc3)ccc2-c2oc3c(c21)C(C)(C)c1cc(N(c2ccccc2-c2ccccc2)c2cccc4c2oc2ccccc24)ccc1-3. The van der Waals surface area contributed by atoms with Crippen LogP contribution in [0.25, 0.3) is 123 Å². The fraction of sp³-hybridized carbons (Fsp3) is 0.0984. The van der Waals surface area contributed by atoms with Crippen molar-refractivity contribution in [3.63, 3.8) is 0 Å². The first-order valence-electron chi connectivity index (χ1n) is 45.1. The number of hydrogen-bond acceptors (Lipinski definition) is 8. The van der Waals surface area contributed by atoms with Crippen LogP contribution in [0.2, 0.25) is 0 Å². The normalized spacial score (nSPS) is 13.9. The number of para-hydroxylation sites is 10. The zero-order chi connectivity index (χ0) is 87.5. The second kappa shape index (κ2) is 29.9. The maximum absolute atomic E-state index is 7.24. The summed E-state index contributed by atoms with van der Waals surface area (Å²) >= 11 is 0. The van der Waals surface area contributed by atoms with Crippen LogP contribution in [0.1, 0.15) is 99.9 Å². The van der Waals surface area contributed by atoms with Crippen LogP contribution >= 0.6 is 0 Å². The fourth-order valence-corrected chi connectivity index (χ4v) is 21.9. The summed E-state index contributed by atoms with van der Waals surface area (Å²) in [6.07, 6.45) is 0. The highest BCUT2D eigenvalue weighted by Gasteiger charge is 2.53. The van der Waals surface area contributed by atoms with Crippen LogP contribution in [-0.2, 0) is 21.7 Å². The highest BCUT2D eigenvalue weighted by atomic mass is 16.4. The van der Waals surface area contributed by atoms with E-state index in [-0.39, 0.29) is 21.7 Å². The molecule has 0 amide bonds. The van der Waals surface area contributed by atoms with Gasteiger partial charge < -0.3 is 37.3 Å². The molecular weight excluding hydrogens is 1590 g/mol. The van der Waals surface area contributed by atoms with Crippen molar-refractivity contribution in [3.8, 4) is 78.7 Å². The lowest BCUT2D eigenvalue weighted by Crippen LogP contribution is -2.23. The quantitative estimate of drug-likeness (QED) is 0.101. The molecule has 4 aliphatic carbocycles. The highest BCUT2D eigenvalue weighted by Crippen LogP contribution is 2.66. The van der Waals surface area contributed by atoms with Crippen molar-refractivity contribution >= 4 is 112 Å². The Morgan fingerprint density at radius 1 is 0.177 bits per heavy atom. The van der Waals surface area contributed by atoms with Gasteiger partial charge in [0, 0.05) is 144 Å². The van der Waals surface area contributed by atoms with E-state index in [0.29, 0.717) is 0 Å². The van der Waals surface area contributed by atoms with Crippen LogP contribution in [0.15, 0.2) is 430 Å². The minimum absolute atomic E-state index is 0.325. The van der Waals surface area contributed by atoms with Crippen LogP contribution < -0.4 is 19.6 Å². The number of furan rings is 4.